The lowest BCUT2D eigenvalue weighted by atomic mass is 9.44. The molecule has 0 aromatic rings. The molecular weight excluding hydrogens is 300 g/mol. The summed E-state index contributed by atoms with van der Waals surface area (Å²) in [7, 11) is 0. The highest BCUT2D eigenvalue weighted by atomic mass is 16.3. The second-order valence-corrected chi connectivity index (χ2v) is 10.0. The van der Waals surface area contributed by atoms with E-state index in [2.05, 4.69) is 13.8 Å². The van der Waals surface area contributed by atoms with Crippen LogP contribution in [0.3, 0.4) is 0 Å². The van der Waals surface area contributed by atoms with E-state index in [9.17, 15) is 14.7 Å². The molecule has 0 aromatic carbocycles. The van der Waals surface area contributed by atoms with Gasteiger partial charge in [-0.3, -0.25) is 4.79 Å². The van der Waals surface area contributed by atoms with Gasteiger partial charge in [0.05, 0.1) is 11.5 Å². The minimum Gasteiger partial charge on any atom is -0.390 e. The zero-order valence-electron chi connectivity index (χ0n) is 15.4. The molecule has 4 saturated carbocycles. The topological polar surface area (TPSA) is 54.4 Å². The first-order chi connectivity index (χ1) is 11.2. The molecule has 134 valence electrons. The molecule has 1 N–H and O–H groups in total. The third-order valence-electron chi connectivity index (χ3n) is 9.31. The van der Waals surface area contributed by atoms with Gasteiger partial charge in [-0.2, -0.15) is 0 Å². The van der Waals surface area contributed by atoms with Crippen LogP contribution >= 0.6 is 0 Å². The van der Waals surface area contributed by atoms with Crippen LogP contribution in [0.5, 0.6) is 0 Å². The summed E-state index contributed by atoms with van der Waals surface area (Å²) in [5.41, 5.74) is -0.349. The highest BCUT2D eigenvalue weighted by Crippen LogP contribution is 2.68. The fraction of sp³-hybridized carbons (Fsp3) is 0.905. The lowest BCUT2D eigenvalue weighted by Gasteiger charge is -2.61. The summed E-state index contributed by atoms with van der Waals surface area (Å²) in [5, 5.41) is 11.0. The van der Waals surface area contributed by atoms with E-state index in [0.29, 0.717) is 30.1 Å². The molecule has 0 bridgehead atoms. The summed E-state index contributed by atoms with van der Waals surface area (Å²) in [6, 6.07) is 0. The van der Waals surface area contributed by atoms with Crippen molar-refractivity contribution in [3.8, 4) is 0 Å². The Morgan fingerprint density at radius 2 is 1.75 bits per heavy atom. The number of rotatable bonds is 1. The summed E-state index contributed by atoms with van der Waals surface area (Å²) in [4.78, 5) is 23.6. The van der Waals surface area contributed by atoms with Crippen molar-refractivity contribution in [3.05, 3.63) is 0 Å². The van der Waals surface area contributed by atoms with E-state index in [-0.39, 0.29) is 22.5 Å². The van der Waals surface area contributed by atoms with E-state index in [1.165, 1.54) is 6.42 Å². The Balaban J connectivity index is 1.66. The molecule has 4 fully saturated rings. The Kier molecular flexibility index (Phi) is 3.60. The molecule has 3 heteroatoms. The Hall–Kier alpha value is -0.700. The largest absolute Gasteiger partial charge is 0.390 e. The van der Waals surface area contributed by atoms with Gasteiger partial charge in [0.25, 0.3) is 0 Å². The average molecular weight is 332 g/mol. The quantitative estimate of drug-likeness (QED) is 0.587. The second kappa shape index (κ2) is 5.16. The Bertz CT molecular complexity index is 567. The summed E-state index contributed by atoms with van der Waals surface area (Å²) < 4.78 is 0. The number of hydrogen-bond acceptors (Lipinski definition) is 3. The Morgan fingerprint density at radius 3 is 2.46 bits per heavy atom. The van der Waals surface area contributed by atoms with Gasteiger partial charge in [0.1, 0.15) is 12.1 Å². The molecule has 0 saturated heterocycles. The van der Waals surface area contributed by atoms with Crippen LogP contribution in [0.15, 0.2) is 0 Å². The highest BCUT2D eigenvalue weighted by molar-refractivity contribution is 5.94. The van der Waals surface area contributed by atoms with Gasteiger partial charge in [-0.1, -0.05) is 13.8 Å². The van der Waals surface area contributed by atoms with Gasteiger partial charge in [-0.05, 0) is 86.4 Å². The van der Waals surface area contributed by atoms with Gasteiger partial charge in [-0.15, -0.1) is 0 Å². The Labute approximate surface area is 145 Å². The van der Waals surface area contributed by atoms with Crippen molar-refractivity contribution < 1.29 is 14.7 Å². The predicted molar refractivity (Wildman–Crippen MR) is 92.3 cm³/mol. The van der Waals surface area contributed by atoms with Crippen LogP contribution in [0, 0.1) is 40.4 Å². The summed E-state index contributed by atoms with van der Waals surface area (Å²) in [5.74, 6) is 2.17. The van der Waals surface area contributed by atoms with Crippen molar-refractivity contribution in [2.24, 2.45) is 40.4 Å². The molecule has 2 unspecified atom stereocenters. The first-order valence-electron chi connectivity index (χ1n) is 9.93. The first kappa shape index (κ1) is 16.8. The number of fused-ring (bicyclic) bond motifs is 5. The van der Waals surface area contributed by atoms with E-state index in [1.54, 1.807) is 0 Å². The third-order valence-corrected chi connectivity index (χ3v) is 9.31. The molecule has 0 amide bonds. The Morgan fingerprint density at radius 1 is 1.04 bits per heavy atom. The van der Waals surface area contributed by atoms with Crippen molar-refractivity contribution in [1.29, 1.82) is 0 Å². The molecule has 4 aliphatic rings. The first-order valence-corrected chi connectivity index (χ1v) is 9.93. The van der Waals surface area contributed by atoms with Crippen molar-refractivity contribution >= 4 is 12.1 Å². The molecule has 0 aromatic heterocycles. The van der Waals surface area contributed by atoms with E-state index in [4.69, 9.17) is 0 Å². The van der Waals surface area contributed by atoms with Gasteiger partial charge >= 0.3 is 0 Å². The average Bonchev–Trinajstić information content (AvgIpc) is 2.77. The van der Waals surface area contributed by atoms with Crippen LogP contribution in [0.2, 0.25) is 0 Å². The van der Waals surface area contributed by atoms with E-state index in [1.807, 2.05) is 6.92 Å². The smallest absolute Gasteiger partial charge is 0.143 e. The molecule has 0 radical (unpaired) electrons. The maximum absolute atomic E-state index is 12.2. The minimum atomic E-state index is -0.533. The monoisotopic (exact) mass is 332 g/mol. The summed E-state index contributed by atoms with van der Waals surface area (Å²) in [6.07, 6.45) is 8.93. The number of hydrogen-bond donors (Lipinski definition) is 1. The van der Waals surface area contributed by atoms with E-state index >= 15 is 0 Å². The number of Topliss-reactive ketones (excluding diaryl/α,β-unsaturated/α-hetero) is 1. The van der Waals surface area contributed by atoms with Crippen LogP contribution in [-0.4, -0.2) is 22.8 Å². The summed E-state index contributed by atoms with van der Waals surface area (Å²) >= 11 is 0. The van der Waals surface area contributed by atoms with Crippen LogP contribution in [0.4, 0.5) is 0 Å². The molecule has 24 heavy (non-hydrogen) atoms. The molecule has 8 atom stereocenters. The maximum atomic E-state index is 12.2. The van der Waals surface area contributed by atoms with Crippen molar-refractivity contribution in [3.63, 3.8) is 0 Å². The van der Waals surface area contributed by atoms with Crippen LogP contribution in [0.1, 0.15) is 72.1 Å². The zero-order chi connectivity index (χ0) is 17.3. The molecule has 0 spiro atoms. The van der Waals surface area contributed by atoms with Crippen LogP contribution in [0.25, 0.3) is 0 Å². The van der Waals surface area contributed by atoms with E-state index < -0.39 is 5.60 Å². The fourth-order valence-corrected chi connectivity index (χ4v) is 7.54. The maximum Gasteiger partial charge on any atom is 0.143 e. The van der Waals surface area contributed by atoms with Gasteiger partial charge in [0.15, 0.2) is 0 Å². The SMILES string of the molecule is C[C@]12CC(C=O)C(=O)CC1CC[C@@H]1[C@@H]2CC[C@@]2(C)[C@H]1CC[C@@]2(C)O. The van der Waals surface area contributed by atoms with E-state index in [0.717, 1.165) is 44.8 Å². The van der Waals surface area contributed by atoms with Gasteiger partial charge in [0.2, 0.25) is 0 Å². The van der Waals surface area contributed by atoms with Crippen molar-refractivity contribution in [1.82, 2.24) is 0 Å². The number of aldehydes is 1. The van der Waals surface area contributed by atoms with Gasteiger partial charge in [-0.25, -0.2) is 0 Å². The number of aliphatic hydroxyl groups is 1. The fourth-order valence-electron chi connectivity index (χ4n) is 7.54. The third kappa shape index (κ3) is 2.00. The molecule has 3 nitrogen and oxygen atoms in total. The van der Waals surface area contributed by atoms with Crippen LogP contribution < -0.4 is 0 Å². The second-order valence-electron chi connectivity index (χ2n) is 10.0. The van der Waals surface area contributed by atoms with Crippen molar-refractivity contribution in [2.45, 2.75) is 77.7 Å². The summed E-state index contributed by atoms with van der Waals surface area (Å²) in [6.45, 7) is 6.73. The number of carbonyl (C=O) groups excluding carboxylic acids is 2. The minimum absolute atomic E-state index is 0.0475. The predicted octanol–water partition coefficient (Wildman–Crippen LogP) is 3.77. The number of ketones is 1. The molecule has 4 rings (SSSR count). The van der Waals surface area contributed by atoms with Crippen LogP contribution in [-0.2, 0) is 9.59 Å². The standard InChI is InChI=1S/C21H32O3/c1-19-11-13(12-22)18(23)10-14(19)4-5-15-16(19)6-8-20(2)17(15)7-9-21(20,3)24/h12-17,24H,4-11H2,1-3H3/t13?,14?,15-,16+,17+,19+,20+,21-/m1/s1. The van der Waals surface area contributed by atoms with Gasteiger partial charge in [0, 0.05) is 6.42 Å². The normalized spacial score (nSPS) is 57.0. The number of carbonyl (C=O) groups is 2. The highest BCUT2D eigenvalue weighted by Gasteiger charge is 2.63. The lowest BCUT2D eigenvalue weighted by molar-refractivity contribution is -0.159. The molecule has 0 heterocycles. The molecule has 0 aliphatic heterocycles. The zero-order valence-corrected chi connectivity index (χ0v) is 15.4. The molecular formula is C21H32O3. The lowest BCUT2D eigenvalue weighted by Crippen LogP contribution is -2.57. The van der Waals surface area contributed by atoms with Gasteiger partial charge < -0.3 is 9.90 Å². The molecule has 4 aliphatic carbocycles. The van der Waals surface area contributed by atoms with Crippen molar-refractivity contribution in [2.75, 3.05) is 0 Å².